The summed E-state index contributed by atoms with van der Waals surface area (Å²) in [5.41, 5.74) is 3.72. The van der Waals surface area contributed by atoms with Crippen LogP contribution >= 0.6 is 0 Å². The number of aromatic nitrogens is 1. The van der Waals surface area contributed by atoms with E-state index < -0.39 is 0 Å². The first kappa shape index (κ1) is 13.0. The summed E-state index contributed by atoms with van der Waals surface area (Å²) >= 11 is 0. The van der Waals surface area contributed by atoms with Crippen LogP contribution in [0, 0.1) is 13.8 Å². The van der Waals surface area contributed by atoms with E-state index in [2.05, 4.69) is 10.3 Å². The summed E-state index contributed by atoms with van der Waals surface area (Å²) in [7, 11) is 1.86. The van der Waals surface area contributed by atoms with E-state index in [4.69, 9.17) is 4.79 Å². The highest BCUT2D eigenvalue weighted by Gasteiger charge is 2.04. The first-order chi connectivity index (χ1) is 8.13. The predicted octanol–water partition coefficient (Wildman–Crippen LogP) is 2.00. The van der Waals surface area contributed by atoms with Crippen LogP contribution in [-0.4, -0.2) is 18.8 Å². The van der Waals surface area contributed by atoms with E-state index in [9.17, 15) is 4.79 Å². The van der Waals surface area contributed by atoms with Crippen LogP contribution in [0.1, 0.15) is 11.1 Å². The fraction of sp³-hybridized carbons (Fsp3) is 0.231. The Morgan fingerprint density at radius 1 is 1.18 bits per heavy atom. The van der Waals surface area contributed by atoms with Crippen LogP contribution < -0.4 is 10.9 Å². The molecule has 2 rings (SSSR count). The zero-order valence-corrected chi connectivity index (χ0v) is 10.3. The lowest BCUT2D eigenvalue weighted by Gasteiger charge is -2.07. The molecule has 90 valence electrons. The second-order valence-electron chi connectivity index (χ2n) is 3.71. The summed E-state index contributed by atoms with van der Waals surface area (Å²) in [5.74, 6) is 0. The molecule has 4 heteroatoms. The van der Waals surface area contributed by atoms with E-state index in [0.29, 0.717) is 0 Å². The van der Waals surface area contributed by atoms with Crippen LogP contribution in [0.5, 0.6) is 0 Å². The second-order valence-corrected chi connectivity index (χ2v) is 3.71. The van der Waals surface area contributed by atoms with Gasteiger partial charge in [-0.25, -0.2) is 0 Å². The predicted molar refractivity (Wildman–Crippen MR) is 70.7 cm³/mol. The summed E-state index contributed by atoms with van der Waals surface area (Å²) in [6, 6.07) is 5.98. The Balaban J connectivity index is 0.000000686. The maximum atomic E-state index is 11.6. The van der Waals surface area contributed by atoms with Gasteiger partial charge in [0.15, 0.2) is 0 Å². The lowest BCUT2D eigenvalue weighted by Crippen LogP contribution is -2.11. The summed E-state index contributed by atoms with van der Waals surface area (Å²) in [6.45, 7) is 5.82. The molecule has 1 aromatic heterocycles. The van der Waals surface area contributed by atoms with Crippen LogP contribution in [-0.2, 0) is 4.79 Å². The molecule has 0 atom stereocenters. The standard InChI is InChI=1S/C12H14N2O.CH2O/c1-7-8(2)12(15)14-11-6-9(13-3)4-5-10(7)11;1-2/h4-6,13H,1-3H3,(H,14,15);1H2. The molecule has 2 aromatic rings. The van der Waals surface area contributed by atoms with Gasteiger partial charge in [0.25, 0.3) is 5.56 Å². The van der Waals surface area contributed by atoms with Crippen LogP contribution in [0.15, 0.2) is 23.0 Å². The van der Waals surface area contributed by atoms with Gasteiger partial charge in [-0.2, -0.15) is 0 Å². The van der Waals surface area contributed by atoms with Crippen molar-refractivity contribution in [1.29, 1.82) is 0 Å². The van der Waals surface area contributed by atoms with Gasteiger partial charge in [-0.3, -0.25) is 4.79 Å². The minimum absolute atomic E-state index is 0.00625. The Labute approximate surface area is 99.7 Å². The molecule has 0 radical (unpaired) electrons. The average molecular weight is 232 g/mol. The van der Waals surface area contributed by atoms with Gasteiger partial charge >= 0.3 is 0 Å². The third-order valence-electron chi connectivity index (χ3n) is 2.86. The molecule has 17 heavy (non-hydrogen) atoms. The smallest absolute Gasteiger partial charge is 0.251 e. The number of rotatable bonds is 1. The van der Waals surface area contributed by atoms with Gasteiger partial charge in [-0.15, -0.1) is 0 Å². The molecule has 0 aliphatic rings. The highest BCUT2D eigenvalue weighted by Crippen LogP contribution is 2.20. The number of carbonyl (C=O) groups is 1. The summed E-state index contributed by atoms with van der Waals surface area (Å²) in [6.07, 6.45) is 0. The van der Waals surface area contributed by atoms with Crippen LogP contribution in [0.3, 0.4) is 0 Å². The quantitative estimate of drug-likeness (QED) is 0.790. The van der Waals surface area contributed by atoms with Crippen molar-refractivity contribution >= 4 is 23.4 Å². The average Bonchev–Trinajstić information content (AvgIpc) is 2.38. The highest BCUT2D eigenvalue weighted by molar-refractivity contribution is 5.85. The first-order valence-corrected chi connectivity index (χ1v) is 5.23. The van der Waals surface area contributed by atoms with Crippen molar-refractivity contribution < 1.29 is 4.79 Å². The fourth-order valence-corrected chi connectivity index (χ4v) is 1.72. The number of H-pyrrole nitrogens is 1. The lowest BCUT2D eigenvalue weighted by molar-refractivity contribution is -0.0979. The van der Waals surface area contributed by atoms with Gasteiger partial charge in [0.05, 0.1) is 5.52 Å². The monoisotopic (exact) mass is 232 g/mol. The Hall–Kier alpha value is -2.10. The molecule has 0 bridgehead atoms. The molecular formula is C13H16N2O2. The van der Waals surface area contributed by atoms with E-state index in [1.165, 1.54) is 0 Å². The van der Waals surface area contributed by atoms with Crippen molar-refractivity contribution in [2.45, 2.75) is 13.8 Å². The van der Waals surface area contributed by atoms with E-state index >= 15 is 0 Å². The van der Waals surface area contributed by atoms with Crippen molar-refractivity contribution in [3.8, 4) is 0 Å². The molecule has 0 fully saturated rings. The fourth-order valence-electron chi connectivity index (χ4n) is 1.72. The van der Waals surface area contributed by atoms with E-state index in [-0.39, 0.29) is 5.56 Å². The van der Waals surface area contributed by atoms with Crippen molar-refractivity contribution in [2.75, 3.05) is 12.4 Å². The number of aryl methyl sites for hydroxylation is 1. The van der Waals surface area contributed by atoms with Gasteiger partial charge in [-0.1, -0.05) is 6.07 Å². The Morgan fingerprint density at radius 2 is 1.82 bits per heavy atom. The number of hydrogen-bond acceptors (Lipinski definition) is 3. The SMILES string of the molecule is C=O.CNc1ccc2c(C)c(C)c(=O)[nH]c2c1. The zero-order valence-electron chi connectivity index (χ0n) is 10.3. The molecule has 0 saturated heterocycles. The van der Waals surface area contributed by atoms with E-state index in [0.717, 1.165) is 27.7 Å². The maximum absolute atomic E-state index is 11.6. The maximum Gasteiger partial charge on any atom is 0.251 e. The number of fused-ring (bicyclic) bond motifs is 1. The molecule has 0 saturated carbocycles. The van der Waals surface area contributed by atoms with E-state index in [1.807, 2.05) is 45.9 Å². The Kier molecular flexibility index (Phi) is 4.04. The number of nitrogens with one attached hydrogen (secondary N) is 2. The molecule has 0 aliphatic heterocycles. The second kappa shape index (κ2) is 5.30. The Morgan fingerprint density at radius 3 is 2.41 bits per heavy atom. The zero-order chi connectivity index (χ0) is 13.0. The molecular weight excluding hydrogens is 216 g/mol. The van der Waals surface area contributed by atoms with Gasteiger partial charge in [0.2, 0.25) is 0 Å². The molecule has 0 aliphatic carbocycles. The Bertz CT molecular complexity index is 588. The van der Waals surface area contributed by atoms with Crippen molar-refractivity contribution in [3.05, 3.63) is 39.7 Å². The number of pyridine rings is 1. The highest BCUT2D eigenvalue weighted by atomic mass is 16.1. The molecule has 0 spiro atoms. The van der Waals surface area contributed by atoms with E-state index in [1.54, 1.807) is 0 Å². The van der Waals surface area contributed by atoms with Crippen LogP contribution in [0.2, 0.25) is 0 Å². The number of carbonyl (C=O) groups excluding carboxylic acids is 1. The van der Waals surface area contributed by atoms with Gasteiger partial charge < -0.3 is 15.1 Å². The van der Waals surface area contributed by atoms with Crippen molar-refractivity contribution in [1.82, 2.24) is 4.98 Å². The van der Waals surface area contributed by atoms with Crippen LogP contribution in [0.25, 0.3) is 10.9 Å². The number of anilines is 1. The van der Waals surface area contributed by atoms with Gasteiger partial charge in [-0.05, 0) is 31.5 Å². The number of aromatic amines is 1. The topological polar surface area (TPSA) is 62.0 Å². The van der Waals surface area contributed by atoms with Gasteiger partial charge in [0, 0.05) is 23.7 Å². The van der Waals surface area contributed by atoms with Crippen molar-refractivity contribution in [3.63, 3.8) is 0 Å². The third kappa shape index (κ3) is 2.36. The molecule has 1 heterocycles. The van der Waals surface area contributed by atoms with Gasteiger partial charge in [0.1, 0.15) is 6.79 Å². The third-order valence-corrected chi connectivity index (χ3v) is 2.86. The number of benzene rings is 1. The molecule has 0 amide bonds. The van der Waals surface area contributed by atoms with Crippen molar-refractivity contribution in [2.24, 2.45) is 0 Å². The minimum atomic E-state index is -0.00625. The summed E-state index contributed by atoms with van der Waals surface area (Å²) in [5, 5.41) is 4.15. The minimum Gasteiger partial charge on any atom is -0.388 e. The normalized spacial score (nSPS) is 9.59. The lowest BCUT2D eigenvalue weighted by atomic mass is 10.1. The molecule has 1 aromatic carbocycles. The summed E-state index contributed by atoms with van der Waals surface area (Å²) < 4.78 is 0. The molecule has 4 nitrogen and oxygen atoms in total. The number of hydrogen-bond donors (Lipinski definition) is 2. The summed E-state index contributed by atoms with van der Waals surface area (Å²) in [4.78, 5) is 22.5. The van der Waals surface area contributed by atoms with Crippen LogP contribution in [0.4, 0.5) is 5.69 Å². The first-order valence-electron chi connectivity index (χ1n) is 5.23. The largest absolute Gasteiger partial charge is 0.388 e. The molecule has 0 unspecified atom stereocenters. The molecule has 2 N–H and O–H groups in total.